The fraction of sp³-hybridized carbons (Fsp3) is 0.368. The molecule has 0 saturated heterocycles. The molecule has 0 aromatic heterocycles. The van der Waals surface area contributed by atoms with Gasteiger partial charge in [0.05, 0.1) is 11.1 Å². The average molecular weight is 391 g/mol. The van der Waals surface area contributed by atoms with E-state index in [2.05, 4.69) is 5.32 Å². The van der Waals surface area contributed by atoms with E-state index in [4.69, 9.17) is 0 Å². The molecule has 0 saturated carbocycles. The fourth-order valence-electron chi connectivity index (χ4n) is 2.55. The van der Waals surface area contributed by atoms with Crippen LogP contribution in [0.4, 0.5) is 26.3 Å². The van der Waals surface area contributed by atoms with Crippen molar-refractivity contribution in [3.63, 3.8) is 0 Å². The van der Waals surface area contributed by atoms with Crippen LogP contribution in [-0.4, -0.2) is 11.1 Å². The van der Waals surface area contributed by atoms with E-state index < -0.39 is 29.2 Å². The molecular weight excluding hydrogens is 372 g/mol. The minimum absolute atomic E-state index is 0.0598. The van der Waals surface area contributed by atoms with Gasteiger partial charge in [-0.05, 0) is 55.2 Å². The maximum absolute atomic E-state index is 12.8. The summed E-state index contributed by atoms with van der Waals surface area (Å²) in [7, 11) is 0. The Hall–Kier alpha value is -2.22. The third kappa shape index (κ3) is 6.16. The minimum atomic E-state index is -4.62. The molecule has 0 fully saturated rings. The number of phenols is 1. The molecule has 2 nitrogen and oxygen atoms in total. The Kier molecular flexibility index (Phi) is 6.41. The summed E-state index contributed by atoms with van der Waals surface area (Å²) in [6.07, 6.45) is -8.10. The molecule has 0 aliphatic rings. The lowest BCUT2D eigenvalue weighted by atomic mass is 10.0. The van der Waals surface area contributed by atoms with Crippen LogP contribution in [-0.2, 0) is 25.3 Å². The molecule has 0 bridgehead atoms. The standard InChI is InChI=1S/C19H19F6NO/c1-12(26-11-14-4-7-15(8-5-14)18(20,21)22)2-3-13-6-9-17(27)16(10-13)19(23,24)25/h4-10,12,26-27H,2-3,11H2,1H3. The second-order valence-corrected chi connectivity index (χ2v) is 6.36. The van der Waals surface area contributed by atoms with Crippen LogP contribution in [0.2, 0.25) is 0 Å². The molecule has 0 aliphatic heterocycles. The second-order valence-electron chi connectivity index (χ2n) is 6.36. The minimum Gasteiger partial charge on any atom is -0.507 e. The summed E-state index contributed by atoms with van der Waals surface area (Å²) in [5.41, 5.74) is -0.653. The number of alkyl halides is 6. The van der Waals surface area contributed by atoms with E-state index in [0.29, 0.717) is 30.5 Å². The molecule has 0 heterocycles. The van der Waals surface area contributed by atoms with Crippen LogP contribution in [0, 0.1) is 0 Å². The lowest BCUT2D eigenvalue weighted by Gasteiger charge is -2.15. The van der Waals surface area contributed by atoms with Gasteiger partial charge in [0, 0.05) is 12.6 Å². The van der Waals surface area contributed by atoms with Gasteiger partial charge in [-0.15, -0.1) is 0 Å². The third-order valence-corrected chi connectivity index (χ3v) is 4.17. The molecule has 148 valence electrons. The van der Waals surface area contributed by atoms with Crippen molar-refractivity contribution in [2.45, 2.75) is 44.7 Å². The van der Waals surface area contributed by atoms with Crippen molar-refractivity contribution in [3.05, 3.63) is 64.7 Å². The molecule has 0 aliphatic carbocycles. The van der Waals surface area contributed by atoms with Crippen LogP contribution in [0.25, 0.3) is 0 Å². The number of aryl methyl sites for hydroxylation is 1. The predicted molar refractivity (Wildman–Crippen MR) is 89.2 cm³/mol. The number of benzene rings is 2. The predicted octanol–water partition coefficient (Wildman–Crippen LogP) is 5.54. The lowest BCUT2D eigenvalue weighted by molar-refractivity contribution is -0.139. The van der Waals surface area contributed by atoms with E-state index >= 15 is 0 Å². The highest BCUT2D eigenvalue weighted by Gasteiger charge is 2.34. The van der Waals surface area contributed by atoms with Gasteiger partial charge in [0.2, 0.25) is 0 Å². The molecule has 8 heteroatoms. The van der Waals surface area contributed by atoms with Crippen molar-refractivity contribution >= 4 is 0 Å². The number of aromatic hydroxyl groups is 1. The van der Waals surface area contributed by atoms with Crippen molar-refractivity contribution in [1.29, 1.82) is 0 Å². The molecule has 0 radical (unpaired) electrons. The largest absolute Gasteiger partial charge is 0.507 e. The summed E-state index contributed by atoms with van der Waals surface area (Å²) >= 11 is 0. The van der Waals surface area contributed by atoms with Crippen molar-refractivity contribution < 1.29 is 31.4 Å². The van der Waals surface area contributed by atoms with Gasteiger partial charge >= 0.3 is 12.4 Å². The van der Waals surface area contributed by atoms with E-state index in [9.17, 15) is 31.4 Å². The van der Waals surface area contributed by atoms with Crippen LogP contribution in [0.1, 0.15) is 35.6 Å². The molecule has 1 unspecified atom stereocenters. The first-order valence-corrected chi connectivity index (χ1v) is 8.25. The monoisotopic (exact) mass is 391 g/mol. The molecule has 0 amide bonds. The SMILES string of the molecule is CC(CCc1ccc(O)c(C(F)(F)F)c1)NCc1ccc(C(F)(F)F)cc1. The molecule has 2 N–H and O–H groups in total. The average Bonchev–Trinajstić information content (AvgIpc) is 2.57. The number of hydrogen-bond donors (Lipinski definition) is 2. The zero-order valence-electron chi connectivity index (χ0n) is 14.5. The van der Waals surface area contributed by atoms with Gasteiger partial charge in [-0.3, -0.25) is 0 Å². The van der Waals surface area contributed by atoms with Crippen molar-refractivity contribution in [3.8, 4) is 5.75 Å². The first-order valence-electron chi connectivity index (χ1n) is 8.25. The van der Waals surface area contributed by atoms with Gasteiger partial charge in [0.25, 0.3) is 0 Å². The van der Waals surface area contributed by atoms with E-state index in [0.717, 1.165) is 24.3 Å². The first kappa shape index (κ1) is 21.1. The molecule has 1 atom stereocenters. The van der Waals surface area contributed by atoms with Gasteiger partial charge in [-0.2, -0.15) is 26.3 Å². The van der Waals surface area contributed by atoms with E-state index in [-0.39, 0.29) is 6.04 Å². The smallest absolute Gasteiger partial charge is 0.419 e. The Balaban J connectivity index is 1.87. The van der Waals surface area contributed by atoms with Crippen LogP contribution >= 0.6 is 0 Å². The summed E-state index contributed by atoms with van der Waals surface area (Å²) in [6.45, 7) is 2.19. The van der Waals surface area contributed by atoms with Crippen molar-refractivity contribution in [2.24, 2.45) is 0 Å². The molecular formula is C19H19F6NO. The highest BCUT2D eigenvalue weighted by Crippen LogP contribution is 2.36. The van der Waals surface area contributed by atoms with E-state index in [1.165, 1.54) is 18.2 Å². The lowest BCUT2D eigenvalue weighted by Crippen LogP contribution is -2.26. The molecule has 27 heavy (non-hydrogen) atoms. The van der Waals surface area contributed by atoms with Gasteiger partial charge in [0.15, 0.2) is 0 Å². The maximum Gasteiger partial charge on any atom is 0.419 e. The Morgan fingerprint density at radius 3 is 2.04 bits per heavy atom. The fourth-order valence-corrected chi connectivity index (χ4v) is 2.55. The number of nitrogens with one attached hydrogen (secondary N) is 1. The highest BCUT2D eigenvalue weighted by molar-refractivity contribution is 5.38. The third-order valence-electron chi connectivity index (χ3n) is 4.17. The van der Waals surface area contributed by atoms with Gasteiger partial charge < -0.3 is 10.4 Å². The quantitative estimate of drug-likeness (QED) is 0.634. The van der Waals surface area contributed by atoms with Crippen LogP contribution in [0.5, 0.6) is 5.75 Å². The molecule has 0 spiro atoms. The number of phenolic OH excluding ortho intramolecular Hbond substituents is 1. The summed E-state index contributed by atoms with van der Waals surface area (Å²) < 4.78 is 75.9. The zero-order chi connectivity index (χ0) is 20.2. The number of hydrogen-bond acceptors (Lipinski definition) is 2. The summed E-state index contributed by atoms with van der Waals surface area (Å²) in [4.78, 5) is 0. The topological polar surface area (TPSA) is 32.3 Å². The molecule has 2 rings (SSSR count). The van der Waals surface area contributed by atoms with Crippen molar-refractivity contribution in [1.82, 2.24) is 5.32 Å². The Bertz CT molecular complexity index is 752. The summed E-state index contributed by atoms with van der Waals surface area (Å²) in [5.74, 6) is -0.806. The van der Waals surface area contributed by atoms with Gasteiger partial charge in [0.1, 0.15) is 5.75 Å². The maximum atomic E-state index is 12.8. The Morgan fingerprint density at radius 1 is 0.889 bits per heavy atom. The van der Waals surface area contributed by atoms with Gasteiger partial charge in [-0.25, -0.2) is 0 Å². The van der Waals surface area contributed by atoms with Crippen LogP contribution < -0.4 is 5.32 Å². The molecule has 2 aromatic rings. The Labute approximate surface area is 152 Å². The molecule has 2 aromatic carbocycles. The van der Waals surface area contributed by atoms with E-state index in [1.807, 2.05) is 6.92 Å². The summed E-state index contributed by atoms with van der Waals surface area (Å²) in [6, 6.07) is 8.13. The zero-order valence-corrected chi connectivity index (χ0v) is 14.5. The highest BCUT2D eigenvalue weighted by atomic mass is 19.4. The van der Waals surface area contributed by atoms with Crippen LogP contribution in [0.15, 0.2) is 42.5 Å². The van der Waals surface area contributed by atoms with Crippen molar-refractivity contribution in [2.75, 3.05) is 0 Å². The second kappa shape index (κ2) is 8.21. The Morgan fingerprint density at radius 2 is 1.48 bits per heavy atom. The first-order chi connectivity index (χ1) is 12.5. The normalized spacial score (nSPS) is 13.6. The number of rotatable bonds is 6. The van der Waals surface area contributed by atoms with Crippen LogP contribution in [0.3, 0.4) is 0 Å². The van der Waals surface area contributed by atoms with Gasteiger partial charge in [-0.1, -0.05) is 18.2 Å². The van der Waals surface area contributed by atoms with E-state index in [1.54, 1.807) is 0 Å². The summed E-state index contributed by atoms with van der Waals surface area (Å²) in [5, 5.41) is 12.5. The number of halogens is 6.